The van der Waals surface area contributed by atoms with Crippen LogP contribution in [0.15, 0.2) is 52.3 Å². The van der Waals surface area contributed by atoms with E-state index in [-0.39, 0.29) is 17.2 Å². The number of rotatable bonds is 6. The molecule has 9 heteroatoms. The summed E-state index contributed by atoms with van der Waals surface area (Å²) in [4.78, 5) is 36.4. The molecule has 1 saturated heterocycles. The lowest BCUT2D eigenvalue weighted by molar-refractivity contribution is -0.116. The molecule has 1 aliphatic rings. The molecule has 1 N–H and O–H groups in total. The largest absolute Gasteiger partial charge is 0.325 e. The van der Waals surface area contributed by atoms with Crippen LogP contribution in [-0.4, -0.2) is 42.1 Å². The number of benzene rings is 1. The van der Waals surface area contributed by atoms with Crippen LogP contribution in [0, 0.1) is 0 Å². The number of ketones is 1. The maximum Gasteiger partial charge on any atom is 0.271 e. The van der Waals surface area contributed by atoms with Gasteiger partial charge in [-0.2, -0.15) is 4.31 Å². The van der Waals surface area contributed by atoms with E-state index in [1.165, 1.54) is 29.6 Å². The van der Waals surface area contributed by atoms with E-state index in [1.54, 1.807) is 24.3 Å². The summed E-state index contributed by atoms with van der Waals surface area (Å²) < 4.78 is 28.4. The van der Waals surface area contributed by atoms with Crippen molar-refractivity contribution in [1.29, 1.82) is 0 Å². The van der Waals surface area contributed by atoms with Crippen LogP contribution in [-0.2, 0) is 21.4 Å². The van der Waals surface area contributed by atoms with E-state index in [0.717, 1.165) is 30.3 Å². The molecular weight excluding hydrogens is 406 g/mol. The lowest BCUT2D eigenvalue weighted by Gasteiger charge is -2.20. The Labute approximate surface area is 175 Å². The zero-order chi connectivity index (χ0) is 21.7. The number of sulfonamides is 1. The van der Waals surface area contributed by atoms with Crippen LogP contribution in [0.3, 0.4) is 0 Å². The molecule has 160 valence electrons. The smallest absolute Gasteiger partial charge is 0.271 e. The molecule has 1 aliphatic heterocycles. The molecule has 0 aliphatic carbocycles. The van der Waals surface area contributed by atoms with Gasteiger partial charge in [-0.05, 0) is 44.0 Å². The molecule has 0 unspecified atom stereocenters. The second kappa shape index (κ2) is 9.36. The summed E-state index contributed by atoms with van der Waals surface area (Å²) in [6.45, 7) is 1.87. The molecule has 1 amide bonds. The average Bonchev–Trinajstić information content (AvgIpc) is 3.00. The second-order valence-electron chi connectivity index (χ2n) is 7.31. The predicted octanol–water partition coefficient (Wildman–Crippen LogP) is 2.25. The number of nitrogens with zero attached hydrogens (tertiary/aromatic N) is 2. The Hall–Kier alpha value is -2.78. The minimum Gasteiger partial charge on any atom is -0.325 e. The Bertz CT molecular complexity index is 1100. The van der Waals surface area contributed by atoms with Crippen LogP contribution in [0.5, 0.6) is 0 Å². The second-order valence-corrected chi connectivity index (χ2v) is 9.22. The first kappa shape index (κ1) is 21.9. The van der Waals surface area contributed by atoms with Crippen LogP contribution in [0.4, 0.5) is 5.69 Å². The maximum absolute atomic E-state index is 13.0. The molecule has 2 heterocycles. The zero-order valence-electron chi connectivity index (χ0n) is 16.8. The molecular formula is C21H25N3O5S. The number of amides is 1. The van der Waals surface area contributed by atoms with Crippen molar-refractivity contribution in [3.8, 4) is 0 Å². The Morgan fingerprint density at radius 2 is 1.73 bits per heavy atom. The van der Waals surface area contributed by atoms with Crippen LogP contribution < -0.4 is 10.9 Å². The minimum absolute atomic E-state index is 0.131. The van der Waals surface area contributed by atoms with Gasteiger partial charge in [-0.1, -0.05) is 25.0 Å². The van der Waals surface area contributed by atoms with Gasteiger partial charge in [-0.25, -0.2) is 8.42 Å². The lowest BCUT2D eigenvalue weighted by atomic mass is 10.1. The Morgan fingerprint density at radius 3 is 2.40 bits per heavy atom. The first-order chi connectivity index (χ1) is 14.3. The Balaban J connectivity index is 1.79. The van der Waals surface area contributed by atoms with Gasteiger partial charge >= 0.3 is 0 Å². The quantitative estimate of drug-likeness (QED) is 0.706. The van der Waals surface area contributed by atoms with Crippen molar-refractivity contribution in [3.63, 3.8) is 0 Å². The van der Waals surface area contributed by atoms with E-state index < -0.39 is 21.5 Å². The predicted molar refractivity (Wildman–Crippen MR) is 113 cm³/mol. The number of pyridine rings is 1. The van der Waals surface area contributed by atoms with E-state index in [2.05, 4.69) is 5.32 Å². The van der Waals surface area contributed by atoms with Gasteiger partial charge in [0.1, 0.15) is 11.4 Å². The maximum atomic E-state index is 13.0. The van der Waals surface area contributed by atoms with Gasteiger partial charge in [-0.3, -0.25) is 14.4 Å². The molecule has 0 atom stereocenters. The number of carbonyl (C=O) groups is 2. The summed E-state index contributed by atoms with van der Waals surface area (Å²) in [5.41, 5.74) is 0.152. The van der Waals surface area contributed by atoms with Crippen LogP contribution >= 0.6 is 0 Å². The molecule has 2 aromatic rings. The fraction of sp³-hybridized carbons (Fsp3) is 0.381. The molecule has 0 spiro atoms. The average molecular weight is 432 g/mol. The van der Waals surface area contributed by atoms with Crippen molar-refractivity contribution in [1.82, 2.24) is 8.87 Å². The Kier molecular flexibility index (Phi) is 6.84. The van der Waals surface area contributed by atoms with Crippen molar-refractivity contribution < 1.29 is 18.0 Å². The summed E-state index contributed by atoms with van der Waals surface area (Å²) in [6.07, 6.45) is 4.85. The molecule has 30 heavy (non-hydrogen) atoms. The fourth-order valence-electron chi connectivity index (χ4n) is 3.43. The number of hydrogen-bond acceptors (Lipinski definition) is 5. The molecule has 1 aromatic heterocycles. The first-order valence-electron chi connectivity index (χ1n) is 9.89. The van der Waals surface area contributed by atoms with Crippen LogP contribution in [0.1, 0.15) is 43.0 Å². The standard InChI is InChI=1S/C21H25N3O5S/c1-16(25)17-8-6-9-18(14-17)22-20(26)15-23-11-7-10-19(21(23)27)30(28,29)24-12-4-2-3-5-13-24/h6-11,14H,2-5,12-13,15H2,1H3,(H,22,26). The SMILES string of the molecule is CC(=O)c1cccc(NC(=O)Cn2cccc(S(=O)(=O)N3CCCCCC3)c2=O)c1. The highest BCUT2D eigenvalue weighted by molar-refractivity contribution is 7.89. The van der Waals surface area contributed by atoms with Crippen LogP contribution in [0.25, 0.3) is 0 Å². The number of nitrogens with one attached hydrogen (secondary N) is 1. The summed E-state index contributed by atoms with van der Waals surface area (Å²) in [5.74, 6) is -0.629. The van der Waals surface area contributed by atoms with E-state index in [0.29, 0.717) is 24.3 Å². The van der Waals surface area contributed by atoms with E-state index in [1.807, 2.05) is 0 Å². The number of Topliss-reactive ketones (excluding diaryl/α,β-unsaturated/α-hetero) is 1. The summed E-state index contributed by atoms with van der Waals surface area (Å²) in [6, 6.07) is 9.20. The summed E-state index contributed by atoms with van der Waals surface area (Å²) >= 11 is 0. The highest BCUT2D eigenvalue weighted by atomic mass is 32.2. The third-order valence-corrected chi connectivity index (χ3v) is 6.95. The zero-order valence-corrected chi connectivity index (χ0v) is 17.7. The normalized spacial score (nSPS) is 15.4. The van der Waals surface area contributed by atoms with Crippen LogP contribution in [0.2, 0.25) is 0 Å². The molecule has 0 saturated carbocycles. The van der Waals surface area contributed by atoms with E-state index in [4.69, 9.17) is 0 Å². The summed E-state index contributed by atoms with van der Waals surface area (Å²) in [7, 11) is -3.92. The third kappa shape index (κ3) is 5.03. The highest BCUT2D eigenvalue weighted by Gasteiger charge is 2.28. The number of anilines is 1. The van der Waals surface area contributed by atoms with Gasteiger partial charge in [0.05, 0.1) is 0 Å². The Morgan fingerprint density at radius 1 is 1.03 bits per heavy atom. The van der Waals surface area contributed by atoms with Crippen molar-refractivity contribution in [2.75, 3.05) is 18.4 Å². The molecule has 0 bridgehead atoms. The molecule has 0 radical (unpaired) electrons. The van der Waals surface area contributed by atoms with Crippen molar-refractivity contribution >= 4 is 27.4 Å². The summed E-state index contributed by atoms with van der Waals surface area (Å²) in [5, 5.41) is 2.63. The molecule has 1 fully saturated rings. The van der Waals surface area contributed by atoms with Crippen molar-refractivity contribution in [3.05, 3.63) is 58.5 Å². The van der Waals surface area contributed by atoms with Gasteiger partial charge in [0.2, 0.25) is 15.9 Å². The topological polar surface area (TPSA) is 106 Å². The molecule has 1 aromatic carbocycles. The van der Waals surface area contributed by atoms with Gasteiger partial charge < -0.3 is 9.88 Å². The highest BCUT2D eigenvalue weighted by Crippen LogP contribution is 2.18. The van der Waals surface area contributed by atoms with E-state index in [9.17, 15) is 22.8 Å². The first-order valence-corrected chi connectivity index (χ1v) is 11.3. The number of carbonyl (C=O) groups excluding carboxylic acids is 2. The van der Waals surface area contributed by atoms with Crippen molar-refractivity contribution in [2.45, 2.75) is 44.0 Å². The van der Waals surface area contributed by atoms with E-state index >= 15 is 0 Å². The minimum atomic E-state index is -3.92. The van der Waals surface area contributed by atoms with Gasteiger partial charge in [0, 0.05) is 30.5 Å². The van der Waals surface area contributed by atoms with Gasteiger partial charge in [-0.15, -0.1) is 0 Å². The molecule has 8 nitrogen and oxygen atoms in total. The van der Waals surface area contributed by atoms with Gasteiger partial charge in [0.25, 0.3) is 5.56 Å². The third-order valence-electron chi connectivity index (χ3n) is 5.03. The number of hydrogen-bond donors (Lipinski definition) is 1. The number of aromatic nitrogens is 1. The lowest BCUT2D eigenvalue weighted by Crippen LogP contribution is -2.37. The van der Waals surface area contributed by atoms with Gasteiger partial charge in [0.15, 0.2) is 5.78 Å². The fourth-order valence-corrected chi connectivity index (χ4v) is 5.03. The van der Waals surface area contributed by atoms with Crippen molar-refractivity contribution in [2.24, 2.45) is 0 Å². The molecule has 3 rings (SSSR count). The monoisotopic (exact) mass is 431 g/mol.